The number of rotatable bonds is 7. The predicted octanol–water partition coefficient (Wildman–Crippen LogP) is 3.14. The van der Waals surface area contributed by atoms with Crippen LogP contribution in [0.25, 0.3) is 0 Å². The Labute approximate surface area is 180 Å². The Morgan fingerprint density at radius 3 is 2.52 bits per heavy atom. The molecule has 7 heteroatoms. The number of nitrogens with one attached hydrogen (secondary N) is 1. The van der Waals surface area contributed by atoms with Crippen molar-refractivity contribution in [2.75, 3.05) is 63.6 Å². The Morgan fingerprint density at radius 2 is 1.83 bits per heavy atom. The number of hydrogen-bond donors (Lipinski definition) is 1. The lowest BCUT2D eigenvalue weighted by molar-refractivity contribution is 0.0828. The first-order valence-electron chi connectivity index (χ1n) is 9.99. The lowest BCUT2D eigenvalue weighted by Gasteiger charge is -2.36. The maximum Gasteiger partial charge on any atom is 0.257 e. The van der Waals surface area contributed by atoms with E-state index in [-0.39, 0.29) is 18.3 Å². The fraction of sp³-hybridized carbons (Fsp3) is 0.455. The van der Waals surface area contributed by atoms with E-state index in [4.69, 9.17) is 0 Å². The monoisotopic (exact) mass is 417 g/mol. The zero-order chi connectivity index (χ0) is 19.9. The van der Waals surface area contributed by atoms with Crippen LogP contribution in [0.4, 0.5) is 11.5 Å². The Bertz CT molecular complexity index is 790. The van der Waals surface area contributed by atoms with Gasteiger partial charge in [0.05, 0.1) is 5.56 Å². The molecule has 1 saturated heterocycles. The lowest BCUT2D eigenvalue weighted by Crippen LogP contribution is -2.47. The largest absolute Gasteiger partial charge is 0.369 e. The highest BCUT2D eigenvalue weighted by molar-refractivity contribution is 5.98. The summed E-state index contributed by atoms with van der Waals surface area (Å²) < 4.78 is 0. The highest BCUT2D eigenvalue weighted by Gasteiger charge is 2.18. The van der Waals surface area contributed by atoms with Gasteiger partial charge in [-0.2, -0.15) is 0 Å². The van der Waals surface area contributed by atoms with Crippen molar-refractivity contribution in [2.24, 2.45) is 0 Å². The standard InChI is InChI=1S/C22H31N5O.ClH/c1-18-8-4-5-10-20(18)27-16-14-26(15-17-27)13-7-12-24-21-19(9-6-11-23-21)22(28)25(2)3;/h4-6,8-11H,7,12-17H2,1-3H3,(H,23,24);1H. The first-order chi connectivity index (χ1) is 13.6. The van der Waals surface area contributed by atoms with Gasteiger partial charge in [0.2, 0.25) is 0 Å². The number of hydrogen-bond acceptors (Lipinski definition) is 5. The van der Waals surface area contributed by atoms with Gasteiger partial charge in [-0.25, -0.2) is 4.98 Å². The van der Waals surface area contributed by atoms with Crippen molar-refractivity contribution >= 4 is 29.8 Å². The lowest BCUT2D eigenvalue weighted by atomic mass is 10.1. The fourth-order valence-electron chi connectivity index (χ4n) is 3.60. The van der Waals surface area contributed by atoms with Crippen LogP contribution in [0.15, 0.2) is 42.6 Å². The number of carbonyl (C=O) groups is 1. The summed E-state index contributed by atoms with van der Waals surface area (Å²) in [6.45, 7) is 8.35. The SMILES string of the molecule is Cc1ccccc1N1CCN(CCCNc2ncccc2C(=O)N(C)C)CC1.Cl. The molecule has 1 fully saturated rings. The summed E-state index contributed by atoms with van der Waals surface area (Å²) in [6.07, 6.45) is 2.75. The van der Waals surface area contributed by atoms with Crippen molar-refractivity contribution in [3.8, 4) is 0 Å². The first kappa shape index (κ1) is 23.0. The second-order valence-corrected chi connectivity index (χ2v) is 7.49. The Balaban J connectivity index is 0.00000300. The van der Waals surface area contributed by atoms with Crippen molar-refractivity contribution in [3.05, 3.63) is 53.7 Å². The van der Waals surface area contributed by atoms with Crippen molar-refractivity contribution in [1.29, 1.82) is 0 Å². The van der Waals surface area contributed by atoms with Gasteiger partial charge >= 0.3 is 0 Å². The van der Waals surface area contributed by atoms with Gasteiger partial charge in [0.15, 0.2) is 0 Å². The summed E-state index contributed by atoms with van der Waals surface area (Å²) in [4.78, 5) is 23.2. The molecule has 2 aromatic rings. The van der Waals surface area contributed by atoms with E-state index in [0.717, 1.165) is 45.7 Å². The molecule has 0 atom stereocenters. The molecule has 1 amide bonds. The van der Waals surface area contributed by atoms with Gasteiger partial charge in [0, 0.05) is 58.7 Å². The van der Waals surface area contributed by atoms with E-state index in [9.17, 15) is 4.79 Å². The molecular formula is C22H32ClN5O. The molecule has 0 radical (unpaired) electrons. The van der Waals surface area contributed by atoms with E-state index in [1.54, 1.807) is 31.3 Å². The normalized spacial score (nSPS) is 14.2. The topological polar surface area (TPSA) is 51.7 Å². The van der Waals surface area contributed by atoms with E-state index in [1.165, 1.54) is 11.3 Å². The number of halogens is 1. The smallest absolute Gasteiger partial charge is 0.257 e. The number of aryl methyl sites for hydroxylation is 1. The summed E-state index contributed by atoms with van der Waals surface area (Å²) in [6, 6.07) is 12.2. The predicted molar refractivity (Wildman–Crippen MR) is 122 cm³/mol. The minimum absolute atomic E-state index is 0. The Morgan fingerprint density at radius 1 is 1.10 bits per heavy atom. The molecular weight excluding hydrogens is 386 g/mol. The molecule has 29 heavy (non-hydrogen) atoms. The third-order valence-corrected chi connectivity index (χ3v) is 5.22. The van der Waals surface area contributed by atoms with Gasteiger partial charge in [0.25, 0.3) is 5.91 Å². The molecule has 1 aliphatic rings. The number of para-hydroxylation sites is 1. The van der Waals surface area contributed by atoms with Crippen molar-refractivity contribution < 1.29 is 4.79 Å². The molecule has 0 aliphatic carbocycles. The molecule has 1 N–H and O–H groups in total. The van der Waals surface area contributed by atoms with Crippen LogP contribution in [0.3, 0.4) is 0 Å². The molecule has 1 aliphatic heterocycles. The van der Waals surface area contributed by atoms with E-state index in [2.05, 4.69) is 51.3 Å². The molecule has 1 aromatic carbocycles. The van der Waals surface area contributed by atoms with Crippen LogP contribution in [-0.2, 0) is 0 Å². The molecule has 158 valence electrons. The summed E-state index contributed by atoms with van der Waals surface area (Å²) in [5.74, 6) is 0.647. The number of carbonyl (C=O) groups excluding carboxylic acids is 1. The maximum atomic E-state index is 12.3. The van der Waals surface area contributed by atoms with Gasteiger partial charge in [-0.3, -0.25) is 9.69 Å². The van der Waals surface area contributed by atoms with Gasteiger partial charge in [0.1, 0.15) is 5.82 Å². The number of aromatic nitrogens is 1. The number of piperazine rings is 1. The highest BCUT2D eigenvalue weighted by Crippen LogP contribution is 2.20. The minimum Gasteiger partial charge on any atom is -0.369 e. The number of benzene rings is 1. The number of anilines is 2. The minimum atomic E-state index is -0.0251. The van der Waals surface area contributed by atoms with Crippen LogP contribution in [0, 0.1) is 6.92 Å². The van der Waals surface area contributed by atoms with Crippen LogP contribution < -0.4 is 10.2 Å². The zero-order valence-corrected chi connectivity index (χ0v) is 18.4. The van der Waals surface area contributed by atoms with E-state index in [1.807, 2.05) is 6.07 Å². The van der Waals surface area contributed by atoms with E-state index in [0.29, 0.717) is 11.4 Å². The van der Waals surface area contributed by atoms with Crippen molar-refractivity contribution in [3.63, 3.8) is 0 Å². The summed E-state index contributed by atoms with van der Waals surface area (Å²) in [5.41, 5.74) is 3.33. The number of pyridine rings is 1. The quantitative estimate of drug-likeness (QED) is 0.701. The highest BCUT2D eigenvalue weighted by atomic mass is 35.5. The van der Waals surface area contributed by atoms with E-state index < -0.39 is 0 Å². The van der Waals surface area contributed by atoms with Gasteiger partial charge < -0.3 is 15.1 Å². The molecule has 0 bridgehead atoms. The number of amides is 1. The van der Waals surface area contributed by atoms with Crippen LogP contribution in [0.2, 0.25) is 0 Å². The van der Waals surface area contributed by atoms with Crippen LogP contribution in [0.1, 0.15) is 22.3 Å². The molecule has 1 aromatic heterocycles. The van der Waals surface area contributed by atoms with Crippen LogP contribution >= 0.6 is 12.4 Å². The third-order valence-electron chi connectivity index (χ3n) is 5.22. The summed E-state index contributed by atoms with van der Waals surface area (Å²) in [7, 11) is 3.52. The Kier molecular flexibility index (Phi) is 8.73. The van der Waals surface area contributed by atoms with Gasteiger partial charge in [-0.15, -0.1) is 12.4 Å². The van der Waals surface area contributed by atoms with Gasteiger partial charge in [-0.05, 0) is 43.7 Å². The third kappa shape index (κ3) is 6.08. The first-order valence-corrected chi connectivity index (χ1v) is 9.99. The average molecular weight is 418 g/mol. The van der Waals surface area contributed by atoms with Crippen molar-refractivity contribution in [1.82, 2.24) is 14.8 Å². The molecule has 0 spiro atoms. The maximum absolute atomic E-state index is 12.3. The zero-order valence-electron chi connectivity index (χ0n) is 17.6. The fourth-order valence-corrected chi connectivity index (χ4v) is 3.60. The molecule has 2 heterocycles. The average Bonchev–Trinajstić information content (AvgIpc) is 2.72. The van der Waals surface area contributed by atoms with Crippen LogP contribution in [-0.4, -0.2) is 74.1 Å². The molecule has 6 nitrogen and oxygen atoms in total. The van der Waals surface area contributed by atoms with Gasteiger partial charge in [-0.1, -0.05) is 18.2 Å². The summed E-state index contributed by atoms with van der Waals surface area (Å²) in [5, 5.41) is 3.34. The summed E-state index contributed by atoms with van der Waals surface area (Å²) >= 11 is 0. The Hall–Kier alpha value is -2.31. The number of nitrogens with zero attached hydrogens (tertiary/aromatic N) is 4. The van der Waals surface area contributed by atoms with Crippen LogP contribution in [0.5, 0.6) is 0 Å². The second-order valence-electron chi connectivity index (χ2n) is 7.49. The van der Waals surface area contributed by atoms with E-state index >= 15 is 0 Å². The molecule has 0 unspecified atom stereocenters. The van der Waals surface area contributed by atoms with Crippen molar-refractivity contribution in [2.45, 2.75) is 13.3 Å². The molecule has 3 rings (SSSR count). The molecule has 0 saturated carbocycles. The second kappa shape index (κ2) is 11.0.